The van der Waals surface area contributed by atoms with Crippen LogP contribution in [0, 0.1) is 0 Å². The first kappa shape index (κ1) is 22.9. The van der Waals surface area contributed by atoms with Crippen LogP contribution in [0.4, 0.5) is 18.0 Å². The maximum absolute atomic E-state index is 12.9. The molecule has 5 nitrogen and oxygen atoms in total. The van der Waals surface area contributed by atoms with Crippen molar-refractivity contribution in [3.8, 4) is 0 Å². The molecule has 3 amide bonds. The van der Waals surface area contributed by atoms with Crippen LogP contribution in [0.2, 0.25) is 5.02 Å². The number of urea groups is 1. The van der Waals surface area contributed by atoms with Crippen LogP contribution in [0.3, 0.4) is 0 Å². The molecule has 1 fully saturated rings. The molecule has 0 radical (unpaired) electrons. The van der Waals surface area contributed by atoms with Gasteiger partial charge in [-0.2, -0.15) is 13.2 Å². The molecule has 1 saturated heterocycles. The van der Waals surface area contributed by atoms with E-state index in [1.165, 1.54) is 17.0 Å². The first-order valence-corrected chi connectivity index (χ1v) is 10.2. The van der Waals surface area contributed by atoms with E-state index in [1.807, 2.05) is 12.1 Å². The summed E-state index contributed by atoms with van der Waals surface area (Å²) in [6.45, 7) is 0.923. The Balaban J connectivity index is 1.56. The smallest absolute Gasteiger partial charge is 0.340 e. The molecule has 0 spiro atoms. The highest BCUT2D eigenvalue weighted by Crippen LogP contribution is 2.29. The van der Waals surface area contributed by atoms with Gasteiger partial charge in [0.2, 0.25) is 5.91 Å². The van der Waals surface area contributed by atoms with Crippen LogP contribution in [-0.2, 0) is 24.1 Å². The minimum Gasteiger partial charge on any atom is -0.340 e. The molecule has 31 heavy (non-hydrogen) atoms. The zero-order valence-corrected chi connectivity index (χ0v) is 17.7. The molecule has 2 aromatic rings. The van der Waals surface area contributed by atoms with Crippen molar-refractivity contribution in [3.05, 3.63) is 70.2 Å². The van der Waals surface area contributed by atoms with E-state index in [1.54, 1.807) is 24.1 Å². The molecule has 1 aliphatic rings. The van der Waals surface area contributed by atoms with Gasteiger partial charge in [-0.3, -0.25) is 4.79 Å². The van der Waals surface area contributed by atoms with Gasteiger partial charge < -0.3 is 15.1 Å². The third-order valence-corrected chi connectivity index (χ3v) is 5.48. The van der Waals surface area contributed by atoms with Crippen molar-refractivity contribution in [2.75, 3.05) is 13.6 Å². The number of likely N-dealkylation sites (tertiary alicyclic amines) is 1. The topological polar surface area (TPSA) is 52.7 Å². The molecule has 166 valence electrons. The molecule has 1 heterocycles. The zero-order chi connectivity index (χ0) is 22.6. The van der Waals surface area contributed by atoms with E-state index in [9.17, 15) is 22.8 Å². The Morgan fingerprint density at radius 3 is 2.32 bits per heavy atom. The number of nitrogens with zero attached hydrogens (tertiary/aromatic N) is 2. The van der Waals surface area contributed by atoms with Crippen molar-refractivity contribution in [1.29, 1.82) is 0 Å². The molecule has 2 aromatic carbocycles. The van der Waals surface area contributed by atoms with Crippen LogP contribution < -0.4 is 5.32 Å². The molecule has 0 aliphatic carbocycles. The van der Waals surface area contributed by atoms with Gasteiger partial charge in [0.05, 0.1) is 5.56 Å². The lowest BCUT2D eigenvalue weighted by Gasteiger charge is -2.28. The van der Waals surface area contributed by atoms with Gasteiger partial charge in [-0.25, -0.2) is 4.79 Å². The van der Waals surface area contributed by atoms with Crippen molar-refractivity contribution < 1.29 is 22.8 Å². The Bertz CT molecular complexity index is 917. The number of likely N-dealkylation sites (N-methyl/N-ethyl adjacent to an activating group) is 1. The number of hydrogen-bond acceptors (Lipinski definition) is 2. The Hall–Kier alpha value is -2.74. The quantitative estimate of drug-likeness (QED) is 0.714. The fourth-order valence-electron chi connectivity index (χ4n) is 3.55. The highest BCUT2D eigenvalue weighted by Gasteiger charge is 2.35. The van der Waals surface area contributed by atoms with Gasteiger partial charge in [0.15, 0.2) is 0 Å². The van der Waals surface area contributed by atoms with E-state index >= 15 is 0 Å². The first-order chi connectivity index (χ1) is 14.6. The van der Waals surface area contributed by atoms with Crippen LogP contribution in [0.15, 0.2) is 48.5 Å². The van der Waals surface area contributed by atoms with Crippen molar-refractivity contribution in [3.63, 3.8) is 0 Å². The number of amides is 3. The van der Waals surface area contributed by atoms with E-state index in [0.29, 0.717) is 36.5 Å². The summed E-state index contributed by atoms with van der Waals surface area (Å²) in [5.74, 6) is -0.155. The summed E-state index contributed by atoms with van der Waals surface area (Å²) in [7, 11) is 1.69. The monoisotopic (exact) mass is 453 g/mol. The molecule has 0 aromatic heterocycles. The van der Waals surface area contributed by atoms with E-state index < -0.39 is 23.8 Å². The summed E-state index contributed by atoms with van der Waals surface area (Å²) >= 11 is 5.89. The van der Waals surface area contributed by atoms with E-state index in [2.05, 4.69) is 5.32 Å². The number of carbonyl (C=O) groups excluding carboxylic acids is 2. The maximum Gasteiger partial charge on any atom is 0.416 e. The molecule has 1 N–H and O–H groups in total. The second-order valence-corrected chi connectivity index (χ2v) is 7.96. The van der Waals surface area contributed by atoms with Crippen LogP contribution in [0.1, 0.15) is 29.5 Å². The number of carbonyl (C=O) groups is 2. The average Bonchev–Trinajstić information content (AvgIpc) is 3.22. The number of halogens is 4. The van der Waals surface area contributed by atoms with Gasteiger partial charge in [0.25, 0.3) is 0 Å². The van der Waals surface area contributed by atoms with E-state index in [4.69, 9.17) is 11.6 Å². The lowest BCUT2D eigenvalue weighted by molar-refractivity contribution is -0.137. The number of nitrogens with one attached hydrogen (secondary N) is 1. The molecule has 1 aliphatic heterocycles. The van der Waals surface area contributed by atoms with Crippen molar-refractivity contribution in [1.82, 2.24) is 15.1 Å². The molecule has 0 unspecified atom stereocenters. The third kappa shape index (κ3) is 5.91. The van der Waals surface area contributed by atoms with Crippen LogP contribution in [0.25, 0.3) is 0 Å². The maximum atomic E-state index is 12.9. The van der Waals surface area contributed by atoms with Gasteiger partial charge in [-0.05, 0) is 48.2 Å². The second kappa shape index (κ2) is 9.60. The Kier molecular flexibility index (Phi) is 7.10. The van der Waals surface area contributed by atoms with Gasteiger partial charge in [-0.1, -0.05) is 35.9 Å². The lowest BCUT2D eigenvalue weighted by Crippen LogP contribution is -2.49. The first-order valence-electron chi connectivity index (χ1n) is 9.85. The number of hydrogen-bond donors (Lipinski definition) is 1. The standard InChI is InChI=1S/C22H23ClF3N3O2/c1-28(14-16-6-10-18(23)11-7-16)20(30)19-3-2-12-29(19)21(31)27-13-15-4-8-17(9-5-15)22(24,25)26/h4-11,19H,2-3,12-14H2,1H3,(H,27,31)/t19-/m1/s1. The fraction of sp³-hybridized carbons (Fsp3) is 0.364. The van der Waals surface area contributed by atoms with Crippen molar-refractivity contribution >= 4 is 23.5 Å². The molecule has 9 heteroatoms. The largest absolute Gasteiger partial charge is 0.416 e. The predicted molar refractivity (Wildman–Crippen MR) is 111 cm³/mol. The number of benzene rings is 2. The number of rotatable bonds is 5. The summed E-state index contributed by atoms with van der Waals surface area (Å²) < 4.78 is 38.0. The van der Waals surface area contributed by atoms with Crippen LogP contribution in [0.5, 0.6) is 0 Å². The Morgan fingerprint density at radius 2 is 1.71 bits per heavy atom. The van der Waals surface area contributed by atoms with Gasteiger partial charge >= 0.3 is 12.2 Å². The molecule has 0 saturated carbocycles. The molecular formula is C22H23ClF3N3O2. The fourth-order valence-corrected chi connectivity index (χ4v) is 3.68. The highest BCUT2D eigenvalue weighted by molar-refractivity contribution is 6.30. The van der Waals surface area contributed by atoms with Gasteiger partial charge in [0.1, 0.15) is 6.04 Å². The van der Waals surface area contributed by atoms with Crippen molar-refractivity contribution in [2.24, 2.45) is 0 Å². The number of alkyl halides is 3. The minimum atomic E-state index is -4.40. The highest BCUT2D eigenvalue weighted by atomic mass is 35.5. The summed E-state index contributed by atoms with van der Waals surface area (Å²) in [6.07, 6.45) is -3.13. The summed E-state index contributed by atoms with van der Waals surface area (Å²) in [4.78, 5) is 28.6. The minimum absolute atomic E-state index is 0.0784. The molecule has 0 bridgehead atoms. The third-order valence-electron chi connectivity index (χ3n) is 5.23. The van der Waals surface area contributed by atoms with E-state index in [0.717, 1.165) is 17.7 Å². The summed E-state index contributed by atoms with van der Waals surface area (Å²) in [5.41, 5.74) is 0.733. The zero-order valence-electron chi connectivity index (χ0n) is 17.0. The second-order valence-electron chi connectivity index (χ2n) is 7.53. The van der Waals surface area contributed by atoms with E-state index in [-0.39, 0.29) is 12.5 Å². The Labute approximate surface area is 183 Å². The van der Waals surface area contributed by atoms with Crippen LogP contribution >= 0.6 is 11.6 Å². The van der Waals surface area contributed by atoms with Crippen molar-refractivity contribution in [2.45, 2.75) is 38.1 Å². The summed E-state index contributed by atoms with van der Waals surface area (Å²) in [5, 5.41) is 3.31. The lowest BCUT2D eigenvalue weighted by atomic mass is 10.1. The normalized spacial score (nSPS) is 16.3. The average molecular weight is 454 g/mol. The predicted octanol–water partition coefficient (Wildman–Crippen LogP) is 4.69. The molecule has 3 rings (SSSR count). The van der Waals surface area contributed by atoms with Gasteiger partial charge in [-0.15, -0.1) is 0 Å². The van der Waals surface area contributed by atoms with Crippen LogP contribution in [-0.4, -0.2) is 41.4 Å². The molecule has 1 atom stereocenters. The SMILES string of the molecule is CN(Cc1ccc(Cl)cc1)C(=O)[C@H]1CCCN1C(=O)NCc1ccc(C(F)(F)F)cc1. The molecular weight excluding hydrogens is 431 g/mol. The Morgan fingerprint density at radius 1 is 1.10 bits per heavy atom. The van der Waals surface area contributed by atoms with Gasteiger partial charge in [0, 0.05) is 31.7 Å². The summed E-state index contributed by atoms with van der Waals surface area (Å²) in [6, 6.07) is 10.8.